The minimum Gasteiger partial charge on any atom is -0.324 e. The summed E-state index contributed by atoms with van der Waals surface area (Å²) < 4.78 is 0. The maximum absolute atomic E-state index is 12.4. The van der Waals surface area contributed by atoms with Gasteiger partial charge in [0.25, 0.3) is 5.91 Å². The fraction of sp³-hybridized carbons (Fsp3) is 0.294. The lowest BCUT2D eigenvalue weighted by Gasteiger charge is -2.22. The zero-order valence-electron chi connectivity index (χ0n) is 12.7. The molecule has 120 valence electrons. The molecule has 1 aromatic carbocycles. The van der Waals surface area contributed by atoms with Crippen molar-refractivity contribution in [3.63, 3.8) is 0 Å². The number of piperidine rings is 1. The van der Waals surface area contributed by atoms with Crippen LogP contribution in [0.4, 0.5) is 11.4 Å². The molecular formula is C17H19N3O2S. The monoisotopic (exact) mass is 329 g/mol. The Morgan fingerprint density at radius 1 is 1.09 bits per heavy atom. The maximum Gasteiger partial charge on any atom is 0.265 e. The highest BCUT2D eigenvalue weighted by atomic mass is 32.1. The minimum atomic E-state index is -0.166. The van der Waals surface area contributed by atoms with E-state index in [1.165, 1.54) is 11.3 Å². The van der Waals surface area contributed by atoms with Gasteiger partial charge in [0.05, 0.1) is 22.2 Å². The van der Waals surface area contributed by atoms with Gasteiger partial charge in [-0.2, -0.15) is 0 Å². The van der Waals surface area contributed by atoms with Crippen LogP contribution in [0.2, 0.25) is 0 Å². The van der Waals surface area contributed by atoms with Crippen molar-refractivity contribution in [1.82, 2.24) is 5.32 Å². The molecule has 3 rings (SSSR count). The summed E-state index contributed by atoms with van der Waals surface area (Å²) in [5.41, 5.74) is 1.25. The maximum atomic E-state index is 12.4. The minimum absolute atomic E-state index is 0.00461. The van der Waals surface area contributed by atoms with Gasteiger partial charge >= 0.3 is 0 Å². The number of hydrogen-bond acceptors (Lipinski definition) is 4. The normalized spacial score (nSPS) is 17.5. The molecule has 6 heteroatoms. The van der Waals surface area contributed by atoms with Gasteiger partial charge in [-0.15, -0.1) is 11.3 Å². The third-order valence-electron chi connectivity index (χ3n) is 3.85. The molecule has 23 heavy (non-hydrogen) atoms. The van der Waals surface area contributed by atoms with Gasteiger partial charge in [-0.05, 0) is 43.0 Å². The van der Waals surface area contributed by atoms with Crippen LogP contribution in [0.5, 0.6) is 0 Å². The van der Waals surface area contributed by atoms with Crippen molar-refractivity contribution < 1.29 is 9.59 Å². The summed E-state index contributed by atoms with van der Waals surface area (Å²) in [6, 6.07) is 10.9. The predicted molar refractivity (Wildman–Crippen MR) is 92.9 cm³/mol. The van der Waals surface area contributed by atoms with E-state index in [9.17, 15) is 9.59 Å². The lowest BCUT2D eigenvalue weighted by atomic mass is 9.99. The number of hydrogen-bond donors (Lipinski definition) is 3. The number of anilines is 2. The molecule has 1 aliphatic rings. The second kappa shape index (κ2) is 7.39. The summed E-state index contributed by atoms with van der Waals surface area (Å²) in [4.78, 5) is 25.2. The number of rotatable bonds is 4. The standard InChI is InChI=1S/C17H19N3O2S/c21-16(12-5-3-9-18-11-12)19-13-6-1-2-7-14(13)20-17(22)15-8-4-10-23-15/h1-2,4,6-8,10,12,18H,3,5,9,11H2,(H,19,21)(H,20,22). The molecule has 0 radical (unpaired) electrons. The van der Waals surface area contributed by atoms with Crippen LogP contribution < -0.4 is 16.0 Å². The van der Waals surface area contributed by atoms with Gasteiger partial charge in [0.1, 0.15) is 0 Å². The Labute approximate surface area is 139 Å². The molecule has 5 nitrogen and oxygen atoms in total. The number of carbonyl (C=O) groups is 2. The van der Waals surface area contributed by atoms with E-state index < -0.39 is 0 Å². The Balaban J connectivity index is 1.70. The number of nitrogens with one attached hydrogen (secondary N) is 3. The summed E-state index contributed by atoms with van der Waals surface area (Å²) in [5.74, 6) is -0.194. The summed E-state index contributed by atoms with van der Waals surface area (Å²) in [7, 11) is 0. The molecular weight excluding hydrogens is 310 g/mol. The molecule has 1 fully saturated rings. The third kappa shape index (κ3) is 3.97. The molecule has 2 aromatic rings. The van der Waals surface area contributed by atoms with Crippen molar-refractivity contribution in [2.45, 2.75) is 12.8 Å². The van der Waals surface area contributed by atoms with Gasteiger partial charge in [-0.3, -0.25) is 9.59 Å². The SMILES string of the molecule is O=C(Nc1ccccc1NC(=O)C1CCCNC1)c1cccs1. The van der Waals surface area contributed by atoms with Gasteiger partial charge < -0.3 is 16.0 Å². The molecule has 1 atom stereocenters. The second-order valence-corrected chi connectivity index (χ2v) is 6.46. The first-order valence-electron chi connectivity index (χ1n) is 7.69. The van der Waals surface area contributed by atoms with E-state index >= 15 is 0 Å². The lowest BCUT2D eigenvalue weighted by Crippen LogP contribution is -2.37. The molecule has 0 aliphatic carbocycles. The van der Waals surface area contributed by atoms with E-state index in [1.54, 1.807) is 18.2 Å². The van der Waals surface area contributed by atoms with Crippen LogP contribution in [0, 0.1) is 5.92 Å². The predicted octanol–water partition coefficient (Wildman–Crippen LogP) is 2.94. The molecule has 0 saturated carbocycles. The lowest BCUT2D eigenvalue weighted by molar-refractivity contribution is -0.120. The number of thiophene rings is 1. The van der Waals surface area contributed by atoms with Crippen molar-refractivity contribution in [2.75, 3.05) is 23.7 Å². The molecule has 1 aromatic heterocycles. The smallest absolute Gasteiger partial charge is 0.265 e. The molecule has 2 heterocycles. The Morgan fingerprint density at radius 3 is 2.52 bits per heavy atom. The van der Waals surface area contributed by atoms with Crippen LogP contribution in [-0.2, 0) is 4.79 Å². The van der Waals surface area contributed by atoms with E-state index in [2.05, 4.69) is 16.0 Å². The van der Waals surface area contributed by atoms with Gasteiger partial charge in [0, 0.05) is 6.54 Å². The average molecular weight is 329 g/mol. The number of benzene rings is 1. The van der Waals surface area contributed by atoms with Crippen LogP contribution in [0.15, 0.2) is 41.8 Å². The van der Waals surface area contributed by atoms with E-state index in [0.717, 1.165) is 19.4 Å². The average Bonchev–Trinajstić information content (AvgIpc) is 3.12. The molecule has 3 N–H and O–H groups in total. The number of amides is 2. The van der Waals surface area contributed by atoms with E-state index in [1.807, 2.05) is 23.6 Å². The van der Waals surface area contributed by atoms with Crippen molar-refractivity contribution in [3.05, 3.63) is 46.7 Å². The fourth-order valence-electron chi connectivity index (χ4n) is 2.60. The Hall–Kier alpha value is -2.18. The molecule has 0 bridgehead atoms. The third-order valence-corrected chi connectivity index (χ3v) is 4.71. The van der Waals surface area contributed by atoms with Crippen LogP contribution in [-0.4, -0.2) is 24.9 Å². The highest BCUT2D eigenvalue weighted by molar-refractivity contribution is 7.12. The van der Waals surface area contributed by atoms with E-state index in [-0.39, 0.29) is 17.7 Å². The van der Waals surface area contributed by atoms with Gasteiger partial charge in [-0.25, -0.2) is 0 Å². The van der Waals surface area contributed by atoms with Crippen LogP contribution in [0.25, 0.3) is 0 Å². The van der Waals surface area contributed by atoms with Gasteiger partial charge in [-0.1, -0.05) is 18.2 Å². The number of para-hydroxylation sites is 2. The van der Waals surface area contributed by atoms with Crippen molar-refractivity contribution >= 4 is 34.5 Å². The van der Waals surface area contributed by atoms with Crippen LogP contribution in [0.3, 0.4) is 0 Å². The Kier molecular flexibility index (Phi) is 5.05. The van der Waals surface area contributed by atoms with Crippen molar-refractivity contribution in [2.24, 2.45) is 5.92 Å². The molecule has 1 aliphatic heterocycles. The Morgan fingerprint density at radius 2 is 1.87 bits per heavy atom. The quantitative estimate of drug-likeness (QED) is 0.808. The number of carbonyl (C=O) groups excluding carboxylic acids is 2. The fourth-order valence-corrected chi connectivity index (χ4v) is 3.22. The van der Waals surface area contributed by atoms with Gasteiger partial charge in [0.15, 0.2) is 0 Å². The van der Waals surface area contributed by atoms with Crippen molar-refractivity contribution in [1.29, 1.82) is 0 Å². The molecule has 2 amide bonds. The summed E-state index contributed by atoms with van der Waals surface area (Å²) in [6.45, 7) is 1.67. The largest absolute Gasteiger partial charge is 0.324 e. The van der Waals surface area contributed by atoms with Crippen LogP contribution in [0.1, 0.15) is 22.5 Å². The first-order chi connectivity index (χ1) is 11.2. The first-order valence-corrected chi connectivity index (χ1v) is 8.57. The topological polar surface area (TPSA) is 70.2 Å². The highest BCUT2D eigenvalue weighted by Gasteiger charge is 2.21. The van der Waals surface area contributed by atoms with E-state index in [4.69, 9.17) is 0 Å². The molecule has 1 saturated heterocycles. The zero-order chi connectivity index (χ0) is 16.1. The summed E-state index contributed by atoms with van der Waals surface area (Å²) >= 11 is 1.39. The molecule has 0 spiro atoms. The highest BCUT2D eigenvalue weighted by Crippen LogP contribution is 2.24. The van der Waals surface area contributed by atoms with Crippen LogP contribution >= 0.6 is 11.3 Å². The van der Waals surface area contributed by atoms with E-state index in [0.29, 0.717) is 22.8 Å². The first kappa shape index (κ1) is 15.7. The van der Waals surface area contributed by atoms with Crippen molar-refractivity contribution in [3.8, 4) is 0 Å². The zero-order valence-corrected chi connectivity index (χ0v) is 13.5. The van der Waals surface area contributed by atoms with Gasteiger partial charge in [0.2, 0.25) is 5.91 Å². The molecule has 1 unspecified atom stereocenters. The summed E-state index contributed by atoms with van der Waals surface area (Å²) in [6.07, 6.45) is 1.90. The summed E-state index contributed by atoms with van der Waals surface area (Å²) in [5, 5.41) is 10.9. The Bertz CT molecular complexity index is 679. The second-order valence-electron chi connectivity index (χ2n) is 5.51.